The predicted octanol–water partition coefficient (Wildman–Crippen LogP) is 6.82. The molecule has 0 atom stereocenters. The number of hydrogen-bond donors (Lipinski definition) is 1. The predicted molar refractivity (Wildman–Crippen MR) is 148 cm³/mol. The van der Waals surface area contributed by atoms with Crippen molar-refractivity contribution in [1.29, 1.82) is 0 Å². The molecule has 216 valence electrons. The van der Waals surface area contributed by atoms with Crippen molar-refractivity contribution in [2.75, 3.05) is 25.1 Å². The van der Waals surface area contributed by atoms with Crippen LogP contribution in [0.2, 0.25) is 0 Å². The largest absolute Gasteiger partial charge is 0.496 e. The molecule has 8 nitrogen and oxygen atoms in total. The summed E-state index contributed by atoms with van der Waals surface area (Å²) in [6.07, 6.45) is 4.38. The van der Waals surface area contributed by atoms with Crippen molar-refractivity contribution in [3.8, 4) is 17.0 Å². The minimum Gasteiger partial charge on any atom is -0.496 e. The molecule has 1 aliphatic heterocycles. The SMILES string of the molecule is COc1cc(C(=O)O)nc2ccc(N3CC4(CC(/C=C/c5c(-c6cccnc6C(F)(F)F)noc5C5CC5)C4)C3)cc12. The summed E-state index contributed by atoms with van der Waals surface area (Å²) in [5.41, 5.74) is 1.50. The number of rotatable bonds is 7. The van der Waals surface area contributed by atoms with Crippen molar-refractivity contribution in [1.82, 2.24) is 15.1 Å². The molecule has 1 saturated heterocycles. The average Bonchev–Trinajstić information content (AvgIpc) is 3.69. The number of allylic oxidation sites excluding steroid dienone is 1. The Morgan fingerprint density at radius 3 is 2.67 bits per heavy atom. The number of aromatic carboxylic acids is 1. The monoisotopic (exact) mass is 576 g/mol. The molecule has 7 rings (SSSR count). The number of alkyl halides is 3. The quantitative estimate of drug-likeness (QED) is 0.256. The third kappa shape index (κ3) is 4.56. The molecule has 1 aromatic carbocycles. The highest BCUT2D eigenvalue weighted by Crippen LogP contribution is 2.54. The molecule has 4 aromatic rings. The molecule has 1 spiro atoms. The molecular weight excluding hydrogens is 549 g/mol. The number of nitrogens with zero attached hydrogens (tertiary/aromatic N) is 4. The van der Waals surface area contributed by atoms with Crippen molar-refractivity contribution < 1.29 is 32.3 Å². The van der Waals surface area contributed by atoms with Crippen molar-refractivity contribution in [2.45, 2.75) is 37.8 Å². The van der Waals surface area contributed by atoms with Crippen LogP contribution in [0.3, 0.4) is 0 Å². The number of hydrogen-bond acceptors (Lipinski definition) is 7. The molecule has 0 bridgehead atoms. The van der Waals surface area contributed by atoms with Crippen LogP contribution in [0.1, 0.15) is 59.1 Å². The van der Waals surface area contributed by atoms with Crippen LogP contribution in [0.25, 0.3) is 28.2 Å². The molecule has 1 N–H and O–H groups in total. The zero-order valence-electron chi connectivity index (χ0n) is 22.7. The maximum absolute atomic E-state index is 13.7. The van der Waals surface area contributed by atoms with E-state index in [4.69, 9.17) is 9.26 Å². The summed E-state index contributed by atoms with van der Waals surface area (Å²) < 4.78 is 52.1. The smallest absolute Gasteiger partial charge is 0.434 e. The first kappa shape index (κ1) is 26.5. The minimum absolute atomic E-state index is 0.0626. The molecule has 42 heavy (non-hydrogen) atoms. The second kappa shape index (κ2) is 9.57. The van der Waals surface area contributed by atoms with Gasteiger partial charge >= 0.3 is 12.1 Å². The van der Waals surface area contributed by atoms with E-state index in [2.05, 4.69) is 26.1 Å². The Kier molecular flexibility index (Phi) is 6.04. The fourth-order valence-electron chi connectivity index (χ4n) is 6.41. The van der Waals surface area contributed by atoms with Gasteiger partial charge in [-0.1, -0.05) is 17.3 Å². The molecule has 3 fully saturated rings. The highest BCUT2D eigenvalue weighted by atomic mass is 19.4. The molecule has 11 heteroatoms. The van der Waals surface area contributed by atoms with Gasteiger partial charge in [0.25, 0.3) is 0 Å². The van der Waals surface area contributed by atoms with Crippen LogP contribution in [-0.2, 0) is 6.18 Å². The van der Waals surface area contributed by atoms with Crippen molar-refractivity contribution in [3.05, 3.63) is 71.4 Å². The lowest BCUT2D eigenvalue weighted by molar-refractivity contribution is -0.140. The molecule has 3 aliphatic rings. The van der Waals surface area contributed by atoms with E-state index in [1.807, 2.05) is 24.3 Å². The molecule has 4 heterocycles. The van der Waals surface area contributed by atoms with E-state index in [9.17, 15) is 23.1 Å². The lowest BCUT2D eigenvalue weighted by Crippen LogP contribution is -2.62. The van der Waals surface area contributed by atoms with Crippen LogP contribution in [-0.4, -0.2) is 46.4 Å². The van der Waals surface area contributed by atoms with Crippen LogP contribution in [0.15, 0.2) is 53.2 Å². The van der Waals surface area contributed by atoms with E-state index < -0.39 is 17.8 Å². The van der Waals surface area contributed by atoms with Crippen LogP contribution in [0.5, 0.6) is 5.75 Å². The number of aromatic nitrogens is 3. The van der Waals surface area contributed by atoms with E-state index in [1.165, 1.54) is 25.3 Å². The Bertz CT molecular complexity index is 1730. The fraction of sp³-hybridized carbons (Fsp3) is 0.355. The van der Waals surface area contributed by atoms with E-state index in [-0.39, 0.29) is 28.3 Å². The summed E-state index contributed by atoms with van der Waals surface area (Å²) >= 11 is 0. The Morgan fingerprint density at radius 1 is 1.19 bits per heavy atom. The molecule has 2 aliphatic carbocycles. The maximum atomic E-state index is 13.7. The number of pyridine rings is 2. The number of methoxy groups -OCH3 is 1. The maximum Gasteiger partial charge on any atom is 0.434 e. The highest BCUT2D eigenvalue weighted by molar-refractivity contribution is 5.94. The summed E-state index contributed by atoms with van der Waals surface area (Å²) in [7, 11) is 1.51. The van der Waals surface area contributed by atoms with Crippen LogP contribution >= 0.6 is 0 Å². The zero-order chi connectivity index (χ0) is 29.2. The van der Waals surface area contributed by atoms with Gasteiger partial charge in [0, 0.05) is 58.9 Å². The Morgan fingerprint density at radius 2 is 1.98 bits per heavy atom. The summed E-state index contributed by atoms with van der Waals surface area (Å²) in [6.45, 7) is 1.78. The van der Waals surface area contributed by atoms with Gasteiger partial charge in [-0.25, -0.2) is 9.78 Å². The van der Waals surface area contributed by atoms with Crippen LogP contribution in [0.4, 0.5) is 18.9 Å². The zero-order valence-corrected chi connectivity index (χ0v) is 22.7. The van der Waals surface area contributed by atoms with Gasteiger partial charge in [0.1, 0.15) is 17.2 Å². The van der Waals surface area contributed by atoms with E-state index in [0.717, 1.165) is 56.0 Å². The molecule has 3 aromatic heterocycles. The van der Waals surface area contributed by atoms with Gasteiger partial charge in [-0.2, -0.15) is 13.2 Å². The molecule has 0 amide bonds. The minimum atomic E-state index is -4.60. The first-order valence-electron chi connectivity index (χ1n) is 13.8. The first-order chi connectivity index (χ1) is 20.1. The third-order valence-corrected chi connectivity index (χ3v) is 8.57. The summed E-state index contributed by atoms with van der Waals surface area (Å²) in [5, 5.41) is 14.2. The molecule has 2 saturated carbocycles. The molecule has 0 unspecified atom stereocenters. The highest BCUT2D eigenvalue weighted by Gasteiger charge is 2.51. The van der Waals surface area contributed by atoms with Gasteiger partial charge in [-0.05, 0) is 61.9 Å². The van der Waals surface area contributed by atoms with Gasteiger partial charge in [-0.3, -0.25) is 4.98 Å². The fourth-order valence-corrected chi connectivity index (χ4v) is 6.41. The van der Waals surface area contributed by atoms with Crippen LogP contribution < -0.4 is 9.64 Å². The lowest BCUT2D eigenvalue weighted by Gasteiger charge is -2.59. The average molecular weight is 577 g/mol. The standard InChI is InChI=1S/C31H27F3N4O4/c1-41-25-12-24(29(39)40)36-23-9-7-19(11-22(23)25)38-15-30(16-38)13-17(14-30)4-8-20-26(37-42-27(20)18-5-6-18)21-3-2-10-35-28(21)31(32,33)34/h2-4,7-12,17-18H,5-6,13-16H2,1H3,(H,39,40)/b8-4+. The second-order valence-electron chi connectivity index (χ2n) is 11.6. The molecular formula is C31H27F3N4O4. The second-order valence-corrected chi connectivity index (χ2v) is 11.6. The number of fused-ring (bicyclic) bond motifs is 1. The van der Waals surface area contributed by atoms with Gasteiger partial charge in [-0.15, -0.1) is 0 Å². The summed E-state index contributed by atoms with van der Waals surface area (Å²) in [4.78, 5) is 21.5. The number of ether oxygens (including phenoxy) is 1. The van der Waals surface area contributed by atoms with Gasteiger partial charge in [0.05, 0.1) is 12.6 Å². The number of carbonyl (C=O) groups is 1. The van der Waals surface area contributed by atoms with Gasteiger partial charge < -0.3 is 19.3 Å². The Labute approximate surface area is 238 Å². The van der Waals surface area contributed by atoms with Crippen LogP contribution in [0, 0.1) is 11.3 Å². The number of halogens is 3. The summed E-state index contributed by atoms with van der Waals surface area (Å²) in [5.74, 6) is 0.517. The Hall–Kier alpha value is -4.41. The van der Waals surface area contributed by atoms with Crippen molar-refractivity contribution in [2.24, 2.45) is 11.3 Å². The number of anilines is 1. The van der Waals surface area contributed by atoms with Crippen molar-refractivity contribution >= 4 is 28.6 Å². The Balaban J connectivity index is 1.06. The summed E-state index contributed by atoms with van der Waals surface area (Å²) in [6, 6.07) is 10.1. The van der Waals surface area contributed by atoms with E-state index in [0.29, 0.717) is 28.5 Å². The lowest BCUT2D eigenvalue weighted by atomic mass is 9.57. The number of benzene rings is 1. The van der Waals surface area contributed by atoms with E-state index in [1.54, 1.807) is 0 Å². The van der Waals surface area contributed by atoms with E-state index >= 15 is 0 Å². The molecule has 0 radical (unpaired) electrons. The number of carboxylic acids is 1. The first-order valence-corrected chi connectivity index (χ1v) is 13.8. The van der Waals surface area contributed by atoms with Gasteiger partial charge in [0.2, 0.25) is 0 Å². The van der Waals surface area contributed by atoms with Crippen molar-refractivity contribution in [3.63, 3.8) is 0 Å². The topological polar surface area (TPSA) is 102 Å². The normalized spacial score (nSPS) is 18.4. The van der Waals surface area contributed by atoms with Gasteiger partial charge in [0.15, 0.2) is 11.4 Å². The number of carboxylic acid groups (broad SMARTS) is 1. The third-order valence-electron chi connectivity index (χ3n) is 8.57.